The molecule has 1 aliphatic carbocycles. The van der Waals surface area contributed by atoms with Crippen LogP contribution in [0.5, 0.6) is 0 Å². The minimum absolute atomic E-state index is 0.0398. The summed E-state index contributed by atoms with van der Waals surface area (Å²) in [7, 11) is 1.92. The maximum atomic E-state index is 11.3. The summed E-state index contributed by atoms with van der Waals surface area (Å²) >= 11 is 0. The molecular weight excluding hydrogens is 192 g/mol. The van der Waals surface area contributed by atoms with Gasteiger partial charge in [-0.3, -0.25) is 14.5 Å². The standard InChI is InChI=1S/C11H20N2O2/c1-3-12-11(15)8-13(2)9-5-4-6-10(14)7-9/h9H,3-8H2,1-2H3,(H,12,15). The lowest BCUT2D eigenvalue weighted by Crippen LogP contribution is -2.42. The molecule has 0 heterocycles. The average Bonchev–Trinajstić information content (AvgIpc) is 2.18. The van der Waals surface area contributed by atoms with Crippen LogP contribution in [-0.4, -0.2) is 42.8 Å². The molecule has 0 aromatic heterocycles. The summed E-state index contributed by atoms with van der Waals surface area (Å²) in [5.41, 5.74) is 0. The van der Waals surface area contributed by atoms with Crippen LogP contribution in [0.3, 0.4) is 0 Å². The number of ketones is 1. The van der Waals surface area contributed by atoms with Crippen LogP contribution in [-0.2, 0) is 9.59 Å². The summed E-state index contributed by atoms with van der Waals surface area (Å²) in [6.07, 6.45) is 3.31. The number of nitrogens with zero attached hydrogens (tertiary/aromatic N) is 1. The summed E-state index contributed by atoms with van der Waals surface area (Å²) in [5, 5.41) is 2.76. The van der Waals surface area contributed by atoms with Crippen LogP contribution in [0, 0.1) is 0 Å². The Morgan fingerprint density at radius 2 is 2.33 bits per heavy atom. The van der Waals surface area contributed by atoms with Gasteiger partial charge in [0.05, 0.1) is 6.54 Å². The highest BCUT2D eigenvalue weighted by Gasteiger charge is 2.23. The lowest BCUT2D eigenvalue weighted by atomic mass is 9.93. The molecule has 0 bridgehead atoms. The SMILES string of the molecule is CCNC(=O)CN(C)C1CCCC(=O)C1. The van der Waals surface area contributed by atoms with Crippen LogP contribution >= 0.6 is 0 Å². The zero-order chi connectivity index (χ0) is 11.3. The van der Waals surface area contributed by atoms with Gasteiger partial charge < -0.3 is 5.32 Å². The fourth-order valence-electron chi connectivity index (χ4n) is 1.99. The van der Waals surface area contributed by atoms with E-state index in [9.17, 15) is 9.59 Å². The van der Waals surface area contributed by atoms with Crippen LogP contribution in [0.25, 0.3) is 0 Å². The van der Waals surface area contributed by atoms with E-state index in [0.29, 0.717) is 31.7 Å². The van der Waals surface area contributed by atoms with E-state index >= 15 is 0 Å². The van der Waals surface area contributed by atoms with Gasteiger partial charge in [-0.1, -0.05) is 0 Å². The number of carbonyl (C=O) groups excluding carboxylic acids is 2. The zero-order valence-corrected chi connectivity index (χ0v) is 9.58. The molecule has 1 aliphatic rings. The van der Waals surface area contributed by atoms with Gasteiger partial charge in [0.15, 0.2) is 0 Å². The number of nitrogens with one attached hydrogen (secondary N) is 1. The highest BCUT2D eigenvalue weighted by atomic mass is 16.2. The van der Waals surface area contributed by atoms with E-state index in [4.69, 9.17) is 0 Å². The van der Waals surface area contributed by atoms with Crippen molar-refractivity contribution in [1.29, 1.82) is 0 Å². The predicted octanol–water partition coefficient (Wildman–Crippen LogP) is 0.566. The number of Topliss-reactive ketones (excluding diaryl/α,β-unsaturated/α-hetero) is 1. The van der Waals surface area contributed by atoms with Crippen LogP contribution in [0.4, 0.5) is 0 Å². The van der Waals surface area contributed by atoms with Gasteiger partial charge in [-0.2, -0.15) is 0 Å². The van der Waals surface area contributed by atoms with Gasteiger partial charge in [-0.15, -0.1) is 0 Å². The molecule has 1 atom stereocenters. The van der Waals surface area contributed by atoms with Gasteiger partial charge in [0.25, 0.3) is 0 Å². The Morgan fingerprint density at radius 3 is 2.93 bits per heavy atom. The van der Waals surface area contributed by atoms with Gasteiger partial charge in [-0.25, -0.2) is 0 Å². The molecule has 1 amide bonds. The molecule has 0 aromatic carbocycles. The molecule has 86 valence electrons. The summed E-state index contributed by atoms with van der Waals surface area (Å²) < 4.78 is 0. The van der Waals surface area contributed by atoms with Crippen molar-refractivity contribution < 1.29 is 9.59 Å². The number of amides is 1. The monoisotopic (exact) mass is 212 g/mol. The van der Waals surface area contributed by atoms with Crippen LogP contribution in [0.15, 0.2) is 0 Å². The first kappa shape index (κ1) is 12.2. The molecule has 15 heavy (non-hydrogen) atoms. The number of hydrogen-bond acceptors (Lipinski definition) is 3. The fraction of sp³-hybridized carbons (Fsp3) is 0.818. The minimum atomic E-state index is 0.0398. The maximum Gasteiger partial charge on any atom is 0.234 e. The van der Waals surface area contributed by atoms with Crippen LogP contribution in [0.1, 0.15) is 32.6 Å². The Hall–Kier alpha value is -0.900. The van der Waals surface area contributed by atoms with Crippen molar-refractivity contribution in [3.63, 3.8) is 0 Å². The van der Waals surface area contributed by atoms with Crippen molar-refractivity contribution in [3.8, 4) is 0 Å². The van der Waals surface area contributed by atoms with Gasteiger partial charge in [0.2, 0.25) is 5.91 Å². The number of rotatable bonds is 4. The Labute approximate surface area is 91.0 Å². The average molecular weight is 212 g/mol. The van der Waals surface area contributed by atoms with E-state index in [1.54, 1.807) is 0 Å². The van der Waals surface area contributed by atoms with Crippen molar-refractivity contribution >= 4 is 11.7 Å². The largest absolute Gasteiger partial charge is 0.355 e. The topological polar surface area (TPSA) is 49.4 Å². The van der Waals surface area contributed by atoms with Crippen molar-refractivity contribution in [1.82, 2.24) is 10.2 Å². The third kappa shape index (κ3) is 4.00. The summed E-state index contributed by atoms with van der Waals surface area (Å²) in [4.78, 5) is 24.6. The number of hydrogen-bond donors (Lipinski definition) is 1. The predicted molar refractivity (Wildman–Crippen MR) is 58.6 cm³/mol. The number of likely N-dealkylation sites (N-methyl/N-ethyl adjacent to an activating group) is 2. The molecule has 4 nitrogen and oxygen atoms in total. The van der Waals surface area contributed by atoms with E-state index in [0.717, 1.165) is 12.8 Å². The van der Waals surface area contributed by atoms with Gasteiger partial charge in [0, 0.05) is 25.4 Å². The Bertz CT molecular complexity index is 241. The Kier molecular flexibility index (Phi) is 4.75. The Balaban J connectivity index is 2.35. The summed E-state index contributed by atoms with van der Waals surface area (Å²) in [5.74, 6) is 0.368. The molecule has 1 unspecified atom stereocenters. The van der Waals surface area contributed by atoms with E-state index in [2.05, 4.69) is 5.32 Å². The quantitative estimate of drug-likeness (QED) is 0.741. The summed E-state index contributed by atoms with van der Waals surface area (Å²) in [6.45, 7) is 2.96. The summed E-state index contributed by atoms with van der Waals surface area (Å²) in [6, 6.07) is 0.258. The second-order valence-electron chi connectivity index (χ2n) is 4.16. The molecule has 0 spiro atoms. The number of carbonyl (C=O) groups is 2. The minimum Gasteiger partial charge on any atom is -0.355 e. The fourth-order valence-corrected chi connectivity index (χ4v) is 1.99. The zero-order valence-electron chi connectivity index (χ0n) is 9.58. The second kappa shape index (κ2) is 5.85. The van der Waals surface area contributed by atoms with Crippen molar-refractivity contribution in [2.75, 3.05) is 20.1 Å². The molecular formula is C11H20N2O2. The van der Waals surface area contributed by atoms with E-state index in [1.807, 2.05) is 18.9 Å². The second-order valence-corrected chi connectivity index (χ2v) is 4.16. The van der Waals surface area contributed by atoms with Gasteiger partial charge >= 0.3 is 0 Å². The highest BCUT2D eigenvalue weighted by molar-refractivity contribution is 5.80. The van der Waals surface area contributed by atoms with Crippen molar-refractivity contribution in [2.24, 2.45) is 0 Å². The first-order valence-corrected chi connectivity index (χ1v) is 5.62. The molecule has 1 fully saturated rings. The van der Waals surface area contributed by atoms with E-state index in [-0.39, 0.29) is 11.9 Å². The third-order valence-corrected chi connectivity index (χ3v) is 2.85. The molecule has 1 saturated carbocycles. The highest BCUT2D eigenvalue weighted by Crippen LogP contribution is 2.18. The molecule has 0 saturated heterocycles. The molecule has 1 rings (SSSR count). The van der Waals surface area contributed by atoms with Gasteiger partial charge in [0.1, 0.15) is 5.78 Å². The van der Waals surface area contributed by atoms with Crippen LogP contribution in [0.2, 0.25) is 0 Å². The van der Waals surface area contributed by atoms with Crippen molar-refractivity contribution in [2.45, 2.75) is 38.6 Å². The third-order valence-electron chi connectivity index (χ3n) is 2.85. The molecule has 1 N–H and O–H groups in total. The van der Waals surface area contributed by atoms with E-state index < -0.39 is 0 Å². The Morgan fingerprint density at radius 1 is 1.60 bits per heavy atom. The molecule has 0 radical (unpaired) electrons. The smallest absolute Gasteiger partial charge is 0.234 e. The lowest BCUT2D eigenvalue weighted by Gasteiger charge is -2.29. The van der Waals surface area contributed by atoms with E-state index in [1.165, 1.54) is 0 Å². The first-order valence-electron chi connectivity index (χ1n) is 5.62. The lowest BCUT2D eigenvalue weighted by molar-refractivity contribution is -0.125. The van der Waals surface area contributed by atoms with Crippen LogP contribution < -0.4 is 5.32 Å². The first-order chi connectivity index (χ1) is 7.13. The molecule has 4 heteroatoms. The molecule has 0 aromatic rings. The van der Waals surface area contributed by atoms with Crippen molar-refractivity contribution in [3.05, 3.63) is 0 Å². The van der Waals surface area contributed by atoms with Gasteiger partial charge in [-0.05, 0) is 26.8 Å². The normalized spacial score (nSPS) is 21.8. The maximum absolute atomic E-state index is 11.3. The molecule has 0 aliphatic heterocycles.